The molecule has 0 saturated heterocycles. The average Bonchev–Trinajstić information content (AvgIpc) is 2.28. The van der Waals surface area contributed by atoms with E-state index in [1.165, 1.54) is 6.20 Å². The van der Waals surface area contributed by atoms with Crippen LogP contribution in [0.3, 0.4) is 0 Å². The van der Waals surface area contributed by atoms with Crippen molar-refractivity contribution in [3.05, 3.63) is 24.0 Å². The van der Waals surface area contributed by atoms with Crippen LogP contribution in [0.25, 0.3) is 0 Å². The zero-order chi connectivity index (χ0) is 11.3. The third kappa shape index (κ3) is 3.44. The van der Waals surface area contributed by atoms with Crippen molar-refractivity contribution < 1.29 is 14.9 Å². The number of aliphatic hydroxyl groups excluding tert-OH is 2. The number of ether oxygens (including phenoxy) is 1. The zero-order valence-corrected chi connectivity index (χ0v) is 10.0. The minimum Gasteiger partial charge on any atom is -0.495 e. The van der Waals surface area contributed by atoms with E-state index < -0.39 is 12.2 Å². The van der Waals surface area contributed by atoms with Crippen LogP contribution in [0, 0.1) is 0 Å². The van der Waals surface area contributed by atoms with E-state index >= 15 is 0 Å². The van der Waals surface area contributed by atoms with E-state index in [9.17, 15) is 10.2 Å². The monoisotopic (exact) mass is 275 g/mol. The van der Waals surface area contributed by atoms with Crippen molar-refractivity contribution in [2.24, 2.45) is 0 Å². The van der Waals surface area contributed by atoms with Crippen molar-refractivity contribution in [1.82, 2.24) is 4.98 Å². The summed E-state index contributed by atoms with van der Waals surface area (Å²) in [6.45, 7) is 0. The lowest BCUT2D eigenvalue weighted by atomic mass is 10.1. The fourth-order valence-corrected chi connectivity index (χ4v) is 1.62. The molecule has 1 aromatic heterocycles. The largest absolute Gasteiger partial charge is 0.495 e. The summed E-state index contributed by atoms with van der Waals surface area (Å²) < 4.78 is 4.94. The number of nitrogens with zero attached hydrogens (tertiary/aromatic N) is 1. The highest BCUT2D eigenvalue weighted by atomic mass is 79.9. The van der Waals surface area contributed by atoms with E-state index in [-0.39, 0.29) is 0 Å². The van der Waals surface area contributed by atoms with Crippen LogP contribution < -0.4 is 4.74 Å². The Balaban J connectivity index is 2.69. The van der Waals surface area contributed by atoms with Crippen LogP contribution in [0.2, 0.25) is 0 Å². The Morgan fingerprint density at radius 3 is 2.67 bits per heavy atom. The molecule has 2 N–H and O–H groups in total. The van der Waals surface area contributed by atoms with Crippen LogP contribution in [0.4, 0.5) is 0 Å². The summed E-state index contributed by atoms with van der Waals surface area (Å²) in [5.41, 5.74) is 0.448. The fourth-order valence-electron chi connectivity index (χ4n) is 1.15. The average molecular weight is 276 g/mol. The predicted molar refractivity (Wildman–Crippen MR) is 60.2 cm³/mol. The molecule has 0 spiro atoms. The van der Waals surface area contributed by atoms with Gasteiger partial charge in [0, 0.05) is 5.33 Å². The lowest BCUT2D eigenvalue weighted by Gasteiger charge is -2.16. The van der Waals surface area contributed by atoms with E-state index in [0.717, 1.165) is 0 Å². The van der Waals surface area contributed by atoms with Gasteiger partial charge in [0.2, 0.25) is 0 Å². The Bertz CT molecular complexity index is 291. The minimum absolute atomic E-state index is 0.448. The van der Waals surface area contributed by atoms with Gasteiger partial charge in [-0.05, 0) is 18.6 Å². The molecule has 0 radical (unpaired) electrons. The van der Waals surface area contributed by atoms with Crippen molar-refractivity contribution in [2.75, 3.05) is 12.4 Å². The smallest absolute Gasteiger partial charge is 0.137 e. The summed E-state index contributed by atoms with van der Waals surface area (Å²) in [7, 11) is 1.55. The zero-order valence-electron chi connectivity index (χ0n) is 8.43. The third-order valence-corrected chi connectivity index (χ3v) is 2.53. The second-order valence-electron chi connectivity index (χ2n) is 3.11. The molecule has 2 unspecified atom stereocenters. The van der Waals surface area contributed by atoms with Crippen LogP contribution >= 0.6 is 15.9 Å². The van der Waals surface area contributed by atoms with Gasteiger partial charge in [0.25, 0.3) is 0 Å². The van der Waals surface area contributed by atoms with E-state index in [4.69, 9.17) is 4.74 Å². The van der Waals surface area contributed by atoms with Gasteiger partial charge in [0.1, 0.15) is 11.9 Å². The molecular weight excluding hydrogens is 262 g/mol. The summed E-state index contributed by atoms with van der Waals surface area (Å²) >= 11 is 3.20. The van der Waals surface area contributed by atoms with Crippen molar-refractivity contribution in [1.29, 1.82) is 0 Å². The normalized spacial score (nSPS) is 14.7. The molecule has 0 bridgehead atoms. The van der Waals surface area contributed by atoms with E-state index in [1.807, 2.05) is 0 Å². The number of pyridine rings is 1. The SMILES string of the molecule is COc1ccc(C(O)C(O)CCBr)nc1. The molecule has 0 aliphatic rings. The predicted octanol–water partition coefficient (Wildman–Crippen LogP) is 1.27. The summed E-state index contributed by atoms with van der Waals surface area (Å²) in [5.74, 6) is 0.626. The van der Waals surface area contributed by atoms with Crippen molar-refractivity contribution in [2.45, 2.75) is 18.6 Å². The van der Waals surface area contributed by atoms with Gasteiger partial charge >= 0.3 is 0 Å². The Kier molecular flexibility index (Phi) is 5.01. The van der Waals surface area contributed by atoms with Crippen LogP contribution in [0.1, 0.15) is 18.2 Å². The molecule has 0 aliphatic heterocycles. The fraction of sp³-hybridized carbons (Fsp3) is 0.500. The van der Waals surface area contributed by atoms with Crippen molar-refractivity contribution in [3.8, 4) is 5.75 Å². The summed E-state index contributed by atoms with van der Waals surface area (Å²) in [6.07, 6.45) is 0.243. The minimum atomic E-state index is -0.951. The molecule has 1 rings (SSSR count). The molecule has 0 saturated carbocycles. The number of hydrogen-bond acceptors (Lipinski definition) is 4. The van der Waals surface area contributed by atoms with Gasteiger partial charge in [0.15, 0.2) is 0 Å². The maximum atomic E-state index is 9.71. The first-order chi connectivity index (χ1) is 7.19. The van der Waals surface area contributed by atoms with Gasteiger partial charge in [-0.25, -0.2) is 0 Å². The number of rotatable bonds is 5. The van der Waals surface area contributed by atoms with E-state index in [2.05, 4.69) is 20.9 Å². The van der Waals surface area contributed by atoms with Crippen molar-refractivity contribution >= 4 is 15.9 Å². The van der Waals surface area contributed by atoms with Crippen LogP contribution in [0.15, 0.2) is 18.3 Å². The summed E-state index contributed by atoms with van der Waals surface area (Å²) in [5, 5.41) is 19.9. The van der Waals surface area contributed by atoms with E-state index in [0.29, 0.717) is 23.2 Å². The third-order valence-electron chi connectivity index (χ3n) is 2.07. The van der Waals surface area contributed by atoms with Gasteiger partial charge in [-0.3, -0.25) is 4.98 Å². The van der Waals surface area contributed by atoms with Gasteiger partial charge in [-0.1, -0.05) is 15.9 Å². The number of methoxy groups -OCH3 is 1. The molecule has 2 atom stereocenters. The molecular formula is C10H14BrNO3. The summed E-state index contributed by atoms with van der Waals surface area (Å²) in [6, 6.07) is 3.34. The lowest BCUT2D eigenvalue weighted by molar-refractivity contribution is 0.0148. The number of aromatic nitrogens is 1. The Hall–Kier alpha value is -0.650. The Morgan fingerprint density at radius 1 is 1.47 bits per heavy atom. The molecule has 0 fully saturated rings. The lowest BCUT2D eigenvalue weighted by Crippen LogP contribution is -2.19. The molecule has 5 heteroatoms. The van der Waals surface area contributed by atoms with Crippen molar-refractivity contribution in [3.63, 3.8) is 0 Å². The molecule has 1 aromatic rings. The van der Waals surface area contributed by atoms with Crippen LogP contribution in [-0.4, -0.2) is 33.7 Å². The maximum Gasteiger partial charge on any atom is 0.137 e. The van der Waals surface area contributed by atoms with E-state index in [1.54, 1.807) is 19.2 Å². The number of aliphatic hydroxyl groups is 2. The second kappa shape index (κ2) is 6.05. The quantitative estimate of drug-likeness (QED) is 0.795. The van der Waals surface area contributed by atoms with Gasteiger partial charge < -0.3 is 14.9 Å². The number of alkyl halides is 1. The first-order valence-corrected chi connectivity index (χ1v) is 5.73. The molecule has 84 valence electrons. The molecule has 15 heavy (non-hydrogen) atoms. The maximum absolute atomic E-state index is 9.71. The van der Waals surface area contributed by atoms with Crippen LogP contribution in [-0.2, 0) is 0 Å². The number of hydrogen-bond donors (Lipinski definition) is 2. The molecule has 0 amide bonds. The Labute approximate surface area is 97.0 Å². The van der Waals surface area contributed by atoms with Gasteiger partial charge in [-0.2, -0.15) is 0 Å². The standard InChI is InChI=1S/C10H14BrNO3/c1-15-7-2-3-8(12-6-7)10(14)9(13)4-5-11/h2-3,6,9-10,13-14H,4-5H2,1H3. The van der Waals surface area contributed by atoms with Gasteiger partial charge in [-0.15, -0.1) is 0 Å². The molecule has 0 aliphatic carbocycles. The molecule has 4 nitrogen and oxygen atoms in total. The highest BCUT2D eigenvalue weighted by Crippen LogP contribution is 2.19. The number of halogens is 1. The molecule has 0 aromatic carbocycles. The highest BCUT2D eigenvalue weighted by Gasteiger charge is 2.18. The molecule has 1 heterocycles. The first kappa shape index (κ1) is 12.4. The summed E-state index contributed by atoms with van der Waals surface area (Å²) in [4.78, 5) is 4.00. The first-order valence-electron chi connectivity index (χ1n) is 4.61. The topological polar surface area (TPSA) is 62.6 Å². The second-order valence-corrected chi connectivity index (χ2v) is 3.91. The Morgan fingerprint density at radius 2 is 2.20 bits per heavy atom. The highest BCUT2D eigenvalue weighted by molar-refractivity contribution is 9.09. The van der Waals surface area contributed by atoms with Gasteiger partial charge in [0.05, 0.1) is 25.1 Å². The van der Waals surface area contributed by atoms with Crippen LogP contribution in [0.5, 0.6) is 5.75 Å².